The summed E-state index contributed by atoms with van der Waals surface area (Å²) in [6.07, 6.45) is 24.0. The number of hydrogen-bond donors (Lipinski definition) is 1. The zero-order valence-electron chi connectivity index (χ0n) is 24.1. The normalized spacial score (nSPS) is 18.2. The molecule has 1 aliphatic rings. The second-order valence-electron chi connectivity index (χ2n) is 10.9. The van der Waals surface area contributed by atoms with Gasteiger partial charge in [0.15, 0.2) is 0 Å². The quantitative estimate of drug-likeness (QED) is 0.0410. The number of carbonyl (C=O) groups is 1. The molecule has 0 spiro atoms. The third kappa shape index (κ3) is 17.3. The molecule has 0 aromatic rings. The van der Waals surface area contributed by atoms with Crippen molar-refractivity contribution < 1.29 is 28.6 Å². The van der Waals surface area contributed by atoms with Gasteiger partial charge in [-0.2, -0.15) is 11.8 Å². The Bertz CT molecular complexity index is 597. The van der Waals surface area contributed by atoms with Gasteiger partial charge in [-0.25, -0.2) is 14.2 Å². The molecule has 1 rings (SSSR count). The maximum atomic E-state index is 12.1. The van der Waals surface area contributed by atoms with Crippen LogP contribution in [0, 0.1) is 11.8 Å². The maximum absolute atomic E-state index is 12.1. The molecule has 1 fully saturated rings. The first-order valence-corrected chi connectivity index (χ1v) is 18.0. The molecule has 6 nitrogen and oxygen atoms in total. The highest BCUT2D eigenvalue weighted by molar-refractivity contribution is 7.99. The van der Waals surface area contributed by atoms with Gasteiger partial charge in [-0.1, -0.05) is 110 Å². The van der Waals surface area contributed by atoms with Crippen LogP contribution in [0.4, 0.5) is 4.79 Å². The lowest BCUT2D eigenvalue weighted by Crippen LogP contribution is -2.15. The van der Waals surface area contributed by atoms with Crippen LogP contribution >= 0.6 is 19.4 Å². The lowest BCUT2D eigenvalue weighted by molar-refractivity contribution is -0.247. The molecule has 0 saturated heterocycles. The summed E-state index contributed by atoms with van der Waals surface area (Å²) in [4.78, 5) is 16.2. The lowest BCUT2D eigenvalue weighted by atomic mass is 9.81. The maximum Gasteiger partial charge on any atom is 0.464 e. The molecule has 8 heteroatoms. The summed E-state index contributed by atoms with van der Waals surface area (Å²) < 4.78 is 21.7. The zero-order valence-corrected chi connectivity index (χ0v) is 25.8. The van der Waals surface area contributed by atoms with Gasteiger partial charge in [-0.15, -0.1) is 4.67 Å². The molecular weight excluding hydrogens is 507 g/mol. The molecule has 37 heavy (non-hydrogen) atoms. The van der Waals surface area contributed by atoms with Gasteiger partial charge < -0.3 is 5.11 Å². The number of hydrogen-bond acceptors (Lipinski definition) is 6. The van der Waals surface area contributed by atoms with Crippen molar-refractivity contribution in [2.75, 3.05) is 18.1 Å². The monoisotopic (exact) mass is 564 g/mol. The first-order valence-electron chi connectivity index (χ1n) is 15.3. The van der Waals surface area contributed by atoms with Crippen LogP contribution in [0.1, 0.15) is 143 Å². The lowest BCUT2D eigenvalue weighted by Gasteiger charge is -2.26. The molecule has 0 aliphatic heterocycles. The Kier molecular flexibility index (Phi) is 21.5. The van der Waals surface area contributed by atoms with Crippen LogP contribution in [0.5, 0.6) is 0 Å². The fourth-order valence-electron chi connectivity index (χ4n) is 5.23. The molecular formula is C29H57O6PS. The summed E-state index contributed by atoms with van der Waals surface area (Å²) in [5.41, 5.74) is -1.61. The number of carboxylic acid groups (broad SMARTS) is 1. The van der Waals surface area contributed by atoms with Crippen molar-refractivity contribution in [2.45, 2.75) is 149 Å². The summed E-state index contributed by atoms with van der Waals surface area (Å²) >= 11 is 2.17. The third-order valence-electron chi connectivity index (χ3n) is 7.53. The first kappa shape index (κ1) is 35.0. The zero-order chi connectivity index (χ0) is 27.2. The number of rotatable bonds is 24. The van der Waals surface area contributed by atoms with E-state index in [0.717, 1.165) is 31.1 Å². The average molecular weight is 565 g/mol. The van der Waals surface area contributed by atoms with Crippen LogP contribution in [-0.2, 0) is 18.7 Å². The van der Waals surface area contributed by atoms with Crippen molar-refractivity contribution >= 4 is 25.1 Å². The topological polar surface area (TPSA) is 82.1 Å². The van der Waals surface area contributed by atoms with Crippen molar-refractivity contribution in [3.8, 4) is 0 Å². The molecule has 0 aromatic heterocycles. The van der Waals surface area contributed by atoms with E-state index < -0.39 is 13.3 Å². The highest BCUT2D eigenvalue weighted by Crippen LogP contribution is 2.49. The first-order chi connectivity index (χ1) is 17.9. The van der Waals surface area contributed by atoms with E-state index in [-0.39, 0.29) is 12.7 Å². The third-order valence-corrected chi connectivity index (χ3v) is 9.91. The highest BCUT2D eigenvalue weighted by Gasteiger charge is 2.37. The van der Waals surface area contributed by atoms with Gasteiger partial charge in [-0.3, -0.25) is 4.52 Å². The van der Waals surface area contributed by atoms with Gasteiger partial charge in [0.25, 0.3) is 0 Å². The summed E-state index contributed by atoms with van der Waals surface area (Å²) in [5.74, 6) is 4.59. The van der Waals surface area contributed by atoms with Gasteiger partial charge >= 0.3 is 13.3 Å². The predicted molar refractivity (Wildman–Crippen MR) is 157 cm³/mol. The van der Waals surface area contributed by atoms with E-state index in [0.29, 0.717) is 6.42 Å². The standard InChI is InChI=1S/C29H57O6PS/c1-4-6-13-19-28(27-20-15-10-11-16-21-27)22-25-37-24-17-12-8-7-9-14-18-26(3)34-35-36(32,29(30)31)33-23-5-2/h26-28H,4-25H2,1-3H3,(H,30,31). The van der Waals surface area contributed by atoms with Crippen LogP contribution in [0.15, 0.2) is 0 Å². The van der Waals surface area contributed by atoms with Crippen LogP contribution in [0.25, 0.3) is 0 Å². The SMILES string of the molecule is CCCCCC(CCSCCCCCCCCC(C)OOP(=O)(OCCC)C(=O)O)C1CCCCCC1. The van der Waals surface area contributed by atoms with E-state index >= 15 is 0 Å². The Labute approximate surface area is 232 Å². The molecule has 1 saturated carbocycles. The molecule has 1 aliphatic carbocycles. The minimum absolute atomic E-state index is 0.0554. The van der Waals surface area contributed by atoms with Crippen molar-refractivity contribution in [2.24, 2.45) is 11.8 Å². The van der Waals surface area contributed by atoms with Crippen molar-refractivity contribution in [1.82, 2.24) is 0 Å². The van der Waals surface area contributed by atoms with Gasteiger partial charge in [0.05, 0.1) is 12.7 Å². The van der Waals surface area contributed by atoms with E-state index in [2.05, 4.69) is 18.7 Å². The van der Waals surface area contributed by atoms with E-state index in [1.54, 1.807) is 13.8 Å². The average Bonchev–Trinajstić information content (AvgIpc) is 3.18. The van der Waals surface area contributed by atoms with Gasteiger partial charge in [0, 0.05) is 0 Å². The molecule has 3 unspecified atom stereocenters. The molecule has 3 atom stereocenters. The molecule has 0 radical (unpaired) electrons. The van der Waals surface area contributed by atoms with E-state index in [4.69, 9.17) is 19.2 Å². The summed E-state index contributed by atoms with van der Waals surface area (Å²) in [7, 11) is -4.26. The van der Waals surface area contributed by atoms with Crippen LogP contribution < -0.4 is 0 Å². The second kappa shape index (κ2) is 22.7. The Morgan fingerprint density at radius 3 is 2.16 bits per heavy atom. The Hall–Kier alpha value is -0.0700. The molecule has 1 N–H and O–H groups in total. The van der Waals surface area contributed by atoms with Crippen molar-refractivity contribution in [1.29, 1.82) is 0 Å². The van der Waals surface area contributed by atoms with Gasteiger partial charge in [-0.05, 0) is 55.9 Å². The second-order valence-corrected chi connectivity index (χ2v) is 13.9. The minimum atomic E-state index is -4.26. The van der Waals surface area contributed by atoms with E-state index in [1.807, 2.05) is 0 Å². The van der Waals surface area contributed by atoms with Crippen molar-refractivity contribution in [3.63, 3.8) is 0 Å². The number of thioether (sulfide) groups is 1. The molecule has 0 heterocycles. The molecule has 0 bridgehead atoms. The smallest absolute Gasteiger partial charge is 0.464 e. The van der Waals surface area contributed by atoms with Gasteiger partial charge in [0.2, 0.25) is 0 Å². The summed E-state index contributed by atoms with van der Waals surface area (Å²) in [6.45, 7) is 5.97. The van der Waals surface area contributed by atoms with Crippen LogP contribution in [-0.4, -0.2) is 35.0 Å². The number of unbranched alkanes of at least 4 members (excludes halogenated alkanes) is 7. The molecule has 220 valence electrons. The Morgan fingerprint density at radius 2 is 1.51 bits per heavy atom. The fraction of sp³-hybridized carbons (Fsp3) is 0.966. The highest BCUT2D eigenvalue weighted by atomic mass is 32.2. The fourth-order valence-corrected chi connectivity index (χ4v) is 7.21. The summed E-state index contributed by atoms with van der Waals surface area (Å²) in [5, 5.41) is 9.07. The van der Waals surface area contributed by atoms with E-state index in [9.17, 15) is 9.36 Å². The Balaban J connectivity index is 2.06. The van der Waals surface area contributed by atoms with Crippen LogP contribution in [0.3, 0.4) is 0 Å². The summed E-state index contributed by atoms with van der Waals surface area (Å²) in [6, 6.07) is 0. The molecule has 0 amide bonds. The van der Waals surface area contributed by atoms with Crippen LogP contribution in [0.2, 0.25) is 0 Å². The predicted octanol–water partition coefficient (Wildman–Crippen LogP) is 10.6. The molecule has 0 aromatic carbocycles. The Morgan fingerprint density at radius 1 is 0.865 bits per heavy atom. The largest absolute Gasteiger partial charge is 0.472 e. The van der Waals surface area contributed by atoms with E-state index in [1.165, 1.54) is 108 Å². The minimum Gasteiger partial charge on any atom is -0.472 e. The van der Waals surface area contributed by atoms with Crippen molar-refractivity contribution in [3.05, 3.63) is 0 Å². The van der Waals surface area contributed by atoms with Gasteiger partial charge in [0.1, 0.15) is 0 Å².